The van der Waals surface area contributed by atoms with Gasteiger partial charge < -0.3 is 30.1 Å². The van der Waals surface area contributed by atoms with Gasteiger partial charge in [0.25, 0.3) is 0 Å². The van der Waals surface area contributed by atoms with Gasteiger partial charge in [0, 0.05) is 11.4 Å². The number of anilines is 2. The van der Waals surface area contributed by atoms with Crippen LogP contribution >= 0.6 is 0 Å². The van der Waals surface area contributed by atoms with Crippen LogP contribution < -0.4 is 15.4 Å². The largest absolute Gasteiger partial charge is 0.494 e. The first-order valence-electron chi connectivity index (χ1n) is 14.2. The molecule has 2 unspecified atom stereocenters. The second-order valence-corrected chi connectivity index (χ2v) is 11.3. The van der Waals surface area contributed by atoms with Crippen LogP contribution in [0.5, 0.6) is 5.75 Å². The fourth-order valence-electron chi connectivity index (χ4n) is 7.14. The molecule has 0 aliphatic carbocycles. The van der Waals surface area contributed by atoms with Crippen molar-refractivity contribution in [2.75, 3.05) is 23.8 Å². The third-order valence-electron chi connectivity index (χ3n) is 9.05. The monoisotopic (exact) mass is 549 g/mol. The molecule has 3 saturated heterocycles. The van der Waals surface area contributed by atoms with Crippen molar-refractivity contribution < 1.29 is 29.0 Å². The van der Waals surface area contributed by atoms with Gasteiger partial charge >= 0.3 is 0 Å². The van der Waals surface area contributed by atoms with Gasteiger partial charge in [-0.3, -0.25) is 14.4 Å². The summed E-state index contributed by atoms with van der Waals surface area (Å²) in [5.74, 6) is -1.93. The van der Waals surface area contributed by atoms with E-state index >= 15 is 0 Å². The molecule has 40 heavy (non-hydrogen) atoms. The van der Waals surface area contributed by atoms with Crippen molar-refractivity contribution in [1.82, 2.24) is 4.90 Å². The molecule has 0 saturated carbocycles. The molecule has 3 fully saturated rings. The molecule has 3 aliphatic heterocycles. The molecule has 9 heteroatoms. The number of rotatable bonds is 9. The molecule has 0 aromatic heterocycles. The number of benzene rings is 2. The number of hydrogen-bond donors (Lipinski definition) is 3. The predicted octanol–water partition coefficient (Wildman–Crippen LogP) is 3.81. The maximum Gasteiger partial charge on any atom is 0.250 e. The van der Waals surface area contributed by atoms with E-state index in [-0.39, 0.29) is 24.3 Å². The summed E-state index contributed by atoms with van der Waals surface area (Å²) in [7, 11) is 0. The number of fused-ring (bicyclic) bond motifs is 1. The van der Waals surface area contributed by atoms with Crippen LogP contribution in [0.3, 0.4) is 0 Å². The van der Waals surface area contributed by atoms with E-state index in [2.05, 4.69) is 10.6 Å². The molecule has 3 aliphatic rings. The lowest BCUT2D eigenvalue weighted by Gasteiger charge is -2.36. The Labute approximate surface area is 235 Å². The minimum absolute atomic E-state index is 0.307. The summed E-state index contributed by atoms with van der Waals surface area (Å²) in [5.41, 5.74) is 1.07. The molecule has 2 aromatic carbocycles. The third kappa shape index (κ3) is 4.27. The van der Waals surface area contributed by atoms with Crippen molar-refractivity contribution in [3.8, 4) is 5.75 Å². The van der Waals surface area contributed by atoms with Gasteiger partial charge in [-0.1, -0.05) is 25.1 Å². The van der Waals surface area contributed by atoms with Gasteiger partial charge in [0.2, 0.25) is 17.7 Å². The SMILES string of the molecule is CCOc1ccc(NC(=O)[C@H]2[C@H]3C(=O)N([C@H](C)CO)C(C(=O)Nc4c(C)cccc4C)C34CC[C@]2(CC)O4)cc1. The van der Waals surface area contributed by atoms with Crippen molar-refractivity contribution in [3.63, 3.8) is 0 Å². The van der Waals surface area contributed by atoms with Crippen LogP contribution in [0.4, 0.5) is 11.4 Å². The minimum atomic E-state index is -1.17. The molecular formula is C31H39N3O6. The molecule has 2 bridgehead atoms. The molecule has 0 radical (unpaired) electrons. The number of amides is 3. The number of nitrogens with one attached hydrogen (secondary N) is 2. The van der Waals surface area contributed by atoms with Gasteiger partial charge in [-0.25, -0.2) is 0 Å². The fraction of sp³-hybridized carbons (Fsp3) is 0.516. The second kappa shape index (κ2) is 10.5. The number of aliphatic hydroxyl groups excluding tert-OH is 1. The van der Waals surface area contributed by atoms with Crippen LogP contribution in [0.2, 0.25) is 0 Å². The molecule has 3 amide bonds. The predicted molar refractivity (Wildman–Crippen MR) is 151 cm³/mol. The van der Waals surface area contributed by atoms with Gasteiger partial charge in [0.05, 0.1) is 36.7 Å². The van der Waals surface area contributed by atoms with Gasteiger partial charge in [0.15, 0.2) is 0 Å². The van der Waals surface area contributed by atoms with Crippen molar-refractivity contribution in [1.29, 1.82) is 0 Å². The summed E-state index contributed by atoms with van der Waals surface area (Å²) in [6.45, 7) is 9.64. The van der Waals surface area contributed by atoms with E-state index < -0.39 is 35.1 Å². The Morgan fingerprint density at radius 2 is 1.75 bits per heavy atom. The van der Waals surface area contributed by atoms with Gasteiger partial charge in [-0.15, -0.1) is 0 Å². The van der Waals surface area contributed by atoms with Crippen LogP contribution in [-0.2, 0) is 19.1 Å². The molecule has 9 nitrogen and oxygen atoms in total. The number of nitrogens with zero attached hydrogens (tertiary/aromatic N) is 1. The van der Waals surface area contributed by atoms with Crippen LogP contribution in [0.25, 0.3) is 0 Å². The average Bonchev–Trinajstić information content (AvgIpc) is 3.55. The Morgan fingerprint density at radius 3 is 2.35 bits per heavy atom. The number of ether oxygens (including phenoxy) is 2. The van der Waals surface area contributed by atoms with Crippen molar-refractivity contribution in [2.24, 2.45) is 11.8 Å². The number of para-hydroxylation sites is 1. The lowest BCUT2D eigenvalue weighted by molar-refractivity contribution is -0.147. The number of aliphatic hydroxyl groups is 1. The molecular weight excluding hydrogens is 510 g/mol. The molecule has 6 atom stereocenters. The lowest BCUT2D eigenvalue weighted by atomic mass is 9.65. The summed E-state index contributed by atoms with van der Waals surface area (Å²) in [6, 6.07) is 11.3. The standard InChI is InChI=1S/C31H39N3O6/c1-6-30-15-16-31(40-30)24(23(30)27(36)32-21-11-13-22(14-12-21)39-7-2)29(38)34(20(5)17-35)26(31)28(37)33-25-18(3)9-8-10-19(25)4/h8-14,20,23-24,26,35H,6-7,15-17H2,1-5H3,(H,32,36)(H,33,37)/t20-,23-,24+,26?,30+,31?/m1/s1. The van der Waals surface area contributed by atoms with Crippen molar-refractivity contribution >= 4 is 29.1 Å². The van der Waals surface area contributed by atoms with E-state index in [9.17, 15) is 19.5 Å². The highest BCUT2D eigenvalue weighted by Crippen LogP contribution is 2.64. The van der Waals surface area contributed by atoms with Crippen molar-refractivity contribution in [3.05, 3.63) is 53.6 Å². The molecule has 214 valence electrons. The molecule has 1 spiro atoms. The Balaban J connectivity index is 1.51. The average molecular weight is 550 g/mol. The lowest BCUT2D eigenvalue weighted by Crippen LogP contribution is -2.56. The van der Waals surface area contributed by atoms with Gasteiger partial charge in [0.1, 0.15) is 17.4 Å². The van der Waals surface area contributed by atoms with Crippen LogP contribution in [-0.4, -0.2) is 64.2 Å². The number of carbonyl (C=O) groups excluding carboxylic acids is 3. The van der Waals surface area contributed by atoms with E-state index in [4.69, 9.17) is 9.47 Å². The van der Waals surface area contributed by atoms with Gasteiger partial charge in [-0.2, -0.15) is 0 Å². The highest BCUT2D eigenvalue weighted by Gasteiger charge is 2.79. The zero-order valence-electron chi connectivity index (χ0n) is 23.8. The first-order valence-corrected chi connectivity index (χ1v) is 14.2. The van der Waals surface area contributed by atoms with E-state index in [1.165, 1.54) is 4.90 Å². The zero-order valence-corrected chi connectivity index (χ0v) is 23.8. The Morgan fingerprint density at radius 1 is 1.07 bits per heavy atom. The minimum Gasteiger partial charge on any atom is -0.494 e. The molecule has 2 aromatic rings. The smallest absolute Gasteiger partial charge is 0.250 e. The summed E-state index contributed by atoms with van der Waals surface area (Å²) in [6.07, 6.45) is 1.56. The first-order chi connectivity index (χ1) is 19.1. The van der Waals surface area contributed by atoms with E-state index in [1.54, 1.807) is 31.2 Å². The molecule has 3 N–H and O–H groups in total. The Kier molecular flexibility index (Phi) is 7.39. The van der Waals surface area contributed by atoms with Crippen molar-refractivity contribution in [2.45, 2.75) is 77.2 Å². The van der Waals surface area contributed by atoms with E-state index in [1.807, 2.05) is 45.9 Å². The molecule has 3 heterocycles. The van der Waals surface area contributed by atoms with E-state index in [0.717, 1.165) is 11.1 Å². The maximum atomic E-state index is 14.2. The summed E-state index contributed by atoms with van der Waals surface area (Å²) >= 11 is 0. The number of carbonyl (C=O) groups is 3. The third-order valence-corrected chi connectivity index (χ3v) is 9.05. The summed E-state index contributed by atoms with van der Waals surface area (Å²) in [5, 5.41) is 16.1. The Hall–Kier alpha value is -3.43. The van der Waals surface area contributed by atoms with E-state index in [0.29, 0.717) is 43.0 Å². The second-order valence-electron chi connectivity index (χ2n) is 11.3. The summed E-state index contributed by atoms with van der Waals surface area (Å²) in [4.78, 5) is 43.6. The van der Waals surface area contributed by atoms with Crippen LogP contribution in [0, 0.1) is 25.7 Å². The van der Waals surface area contributed by atoms with Crippen LogP contribution in [0.1, 0.15) is 51.2 Å². The quantitative estimate of drug-likeness (QED) is 0.438. The fourth-order valence-corrected chi connectivity index (χ4v) is 7.14. The summed E-state index contributed by atoms with van der Waals surface area (Å²) < 4.78 is 12.3. The Bertz CT molecular complexity index is 1290. The molecule has 5 rings (SSSR count). The number of likely N-dealkylation sites (tertiary alicyclic amines) is 1. The number of aryl methyl sites for hydroxylation is 2. The highest BCUT2D eigenvalue weighted by atomic mass is 16.5. The number of hydrogen-bond acceptors (Lipinski definition) is 6. The normalized spacial score (nSPS) is 29.3. The maximum absolute atomic E-state index is 14.2. The van der Waals surface area contributed by atoms with Crippen LogP contribution in [0.15, 0.2) is 42.5 Å². The first kappa shape index (κ1) is 28.1. The van der Waals surface area contributed by atoms with Gasteiger partial charge in [-0.05, 0) is 82.3 Å². The topological polar surface area (TPSA) is 117 Å². The zero-order chi connectivity index (χ0) is 28.8. The highest BCUT2D eigenvalue weighted by molar-refractivity contribution is 6.05.